The lowest BCUT2D eigenvalue weighted by Gasteiger charge is -2.19. The van der Waals surface area contributed by atoms with E-state index >= 15 is 0 Å². The Morgan fingerprint density at radius 2 is 1.84 bits per heavy atom. The molecule has 0 aromatic heterocycles. The molecule has 0 heterocycles. The highest BCUT2D eigenvalue weighted by Crippen LogP contribution is 2.21. The number of unbranched alkanes of at least 4 members (excludes halogenated alkanes) is 2. The van der Waals surface area contributed by atoms with E-state index < -0.39 is 36.4 Å². The second-order valence-electron chi connectivity index (χ2n) is 7.08. The molecule has 0 bridgehead atoms. The SMILES string of the molecule is CCCCCNC(=O)C(Cc1ccc(OCC(=O)O)c(C(=O)O)c1)NC(=O)CCCOO. The standard InChI is InChI=1S/C21H30N2O9/c1-2-3-4-9-22-20(27)16(23-18(24)6-5-10-32-30)12-14-7-8-17(31-13-19(25)26)15(11-14)21(28)29/h7-8,11,16,30H,2-6,9-10,12-13H2,1H3,(H,22,27)(H,23,24)(H,25,26)(H,28,29). The Bertz CT molecular complexity index is 783. The fourth-order valence-corrected chi connectivity index (χ4v) is 2.86. The molecular weight excluding hydrogens is 424 g/mol. The van der Waals surface area contributed by atoms with Gasteiger partial charge in [-0.05, 0) is 30.5 Å². The van der Waals surface area contributed by atoms with Crippen LogP contribution in [0.1, 0.15) is 54.9 Å². The number of aromatic carboxylic acids is 1. The van der Waals surface area contributed by atoms with Crippen molar-refractivity contribution in [3.63, 3.8) is 0 Å². The summed E-state index contributed by atoms with van der Waals surface area (Å²) < 4.78 is 5.00. The number of hydrogen-bond donors (Lipinski definition) is 5. The highest BCUT2D eigenvalue weighted by atomic mass is 17.1. The van der Waals surface area contributed by atoms with Gasteiger partial charge in [0, 0.05) is 19.4 Å². The fraction of sp³-hybridized carbons (Fsp3) is 0.524. The van der Waals surface area contributed by atoms with Gasteiger partial charge in [0.2, 0.25) is 11.8 Å². The summed E-state index contributed by atoms with van der Waals surface area (Å²) >= 11 is 0. The van der Waals surface area contributed by atoms with Crippen molar-refractivity contribution >= 4 is 23.8 Å². The number of rotatable bonds is 16. The summed E-state index contributed by atoms with van der Waals surface area (Å²) in [5.74, 6) is -3.51. The van der Waals surface area contributed by atoms with Gasteiger partial charge >= 0.3 is 11.9 Å². The lowest BCUT2D eigenvalue weighted by Crippen LogP contribution is -2.48. The summed E-state index contributed by atoms with van der Waals surface area (Å²) in [6, 6.07) is 3.15. The number of hydrogen-bond acceptors (Lipinski definition) is 7. The first-order valence-electron chi connectivity index (χ1n) is 10.3. The predicted molar refractivity (Wildman–Crippen MR) is 113 cm³/mol. The summed E-state index contributed by atoms with van der Waals surface area (Å²) in [6.07, 6.45) is 3.01. The van der Waals surface area contributed by atoms with Gasteiger partial charge in [0.1, 0.15) is 17.4 Å². The van der Waals surface area contributed by atoms with Crippen LogP contribution in [0.2, 0.25) is 0 Å². The van der Waals surface area contributed by atoms with E-state index in [9.17, 15) is 24.3 Å². The number of carboxylic acids is 2. The molecule has 1 atom stereocenters. The number of carboxylic acid groups (broad SMARTS) is 2. The molecule has 1 unspecified atom stereocenters. The molecule has 0 saturated carbocycles. The zero-order valence-electron chi connectivity index (χ0n) is 18.0. The molecule has 2 amide bonds. The first kappa shape index (κ1) is 26.9. The minimum Gasteiger partial charge on any atom is -0.481 e. The zero-order valence-corrected chi connectivity index (χ0v) is 18.0. The average molecular weight is 454 g/mol. The quantitative estimate of drug-likeness (QED) is 0.141. The third-order valence-electron chi connectivity index (χ3n) is 4.44. The van der Waals surface area contributed by atoms with E-state index in [1.54, 1.807) is 0 Å². The van der Waals surface area contributed by atoms with Gasteiger partial charge in [-0.25, -0.2) is 14.5 Å². The summed E-state index contributed by atoms with van der Waals surface area (Å²) in [6.45, 7) is 1.75. The van der Waals surface area contributed by atoms with E-state index in [1.807, 2.05) is 6.92 Å². The largest absolute Gasteiger partial charge is 0.481 e. The number of benzene rings is 1. The molecular formula is C21H30N2O9. The maximum atomic E-state index is 12.6. The van der Waals surface area contributed by atoms with Gasteiger partial charge in [0.25, 0.3) is 0 Å². The van der Waals surface area contributed by atoms with Crippen LogP contribution in [0.3, 0.4) is 0 Å². The monoisotopic (exact) mass is 454 g/mol. The summed E-state index contributed by atoms with van der Waals surface area (Å²) in [5, 5.41) is 31.9. The van der Waals surface area contributed by atoms with Gasteiger partial charge in [-0.3, -0.25) is 14.8 Å². The van der Waals surface area contributed by atoms with Crippen LogP contribution in [0.25, 0.3) is 0 Å². The van der Waals surface area contributed by atoms with E-state index in [2.05, 4.69) is 15.5 Å². The Labute approximate surface area is 185 Å². The molecule has 178 valence electrons. The number of ether oxygens (including phenoxy) is 1. The highest BCUT2D eigenvalue weighted by Gasteiger charge is 2.22. The summed E-state index contributed by atoms with van der Waals surface area (Å²) in [4.78, 5) is 51.0. The number of aliphatic carboxylic acids is 1. The van der Waals surface area contributed by atoms with Crippen molar-refractivity contribution < 1.29 is 44.3 Å². The van der Waals surface area contributed by atoms with Crippen molar-refractivity contribution in [2.45, 2.75) is 51.5 Å². The van der Waals surface area contributed by atoms with Crippen molar-refractivity contribution in [2.75, 3.05) is 19.8 Å². The minimum absolute atomic E-state index is 0.0152. The Morgan fingerprint density at radius 1 is 1.09 bits per heavy atom. The van der Waals surface area contributed by atoms with E-state index in [1.165, 1.54) is 18.2 Å². The zero-order chi connectivity index (χ0) is 23.9. The van der Waals surface area contributed by atoms with Crippen LogP contribution in [0, 0.1) is 0 Å². The first-order chi connectivity index (χ1) is 15.3. The Balaban J connectivity index is 2.96. The van der Waals surface area contributed by atoms with Crippen LogP contribution in [-0.4, -0.2) is 65.0 Å². The van der Waals surface area contributed by atoms with Gasteiger partial charge in [0.15, 0.2) is 6.61 Å². The van der Waals surface area contributed by atoms with E-state index in [4.69, 9.17) is 15.1 Å². The van der Waals surface area contributed by atoms with E-state index in [-0.39, 0.29) is 37.2 Å². The molecule has 1 aromatic rings. The number of carbonyl (C=O) groups is 4. The Hall–Kier alpha value is -3.18. The number of amides is 2. The molecule has 5 N–H and O–H groups in total. The molecule has 11 nitrogen and oxygen atoms in total. The van der Waals surface area contributed by atoms with Crippen LogP contribution in [0.15, 0.2) is 18.2 Å². The Morgan fingerprint density at radius 3 is 2.47 bits per heavy atom. The normalized spacial score (nSPS) is 11.4. The van der Waals surface area contributed by atoms with Crippen molar-refractivity contribution in [3.05, 3.63) is 29.3 Å². The molecule has 0 spiro atoms. The van der Waals surface area contributed by atoms with E-state index in [0.29, 0.717) is 12.1 Å². The van der Waals surface area contributed by atoms with Gasteiger partial charge < -0.3 is 25.6 Å². The molecule has 32 heavy (non-hydrogen) atoms. The van der Waals surface area contributed by atoms with E-state index in [0.717, 1.165) is 19.3 Å². The van der Waals surface area contributed by atoms with Crippen LogP contribution >= 0.6 is 0 Å². The lowest BCUT2D eigenvalue weighted by atomic mass is 10.0. The third kappa shape index (κ3) is 10.2. The van der Waals surface area contributed by atoms with Crippen LogP contribution in [0.5, 0.6) is 5.75 Å². The lowest BCUT2D eigenvalue weighted by molar-refractivity contribution is -0.242. The molecule has 1 rings (SSSR count). The number of nitrogens with one attached hydrogen (secondary N) is 2. The van der Waals surface area contributed by atoms with Crippen LogP contribution in [0.4, 0.5) is 0 Å². The Kier molecular flexibility index (Phi) is 12.4. The highest BCUT2D eigenvalue weighted by molar-refractivity contribution is 5.91. The topological polar surface area (TPSA) is 171 Å². The molecule has 0 aliphatic rings. The second-order valence-corrected chi connectivity index (χ2v) is 7.08. The van der Waals surface area contributed by atoms with Crippen molar-refractivity contribution in [2.24, 2.45) is 0 Å². The number of carbonyl (C=O) groups excluding carboxylic acids is 2. The molecule has 0 aliphatic carbocycles. The van der Waals surface area contributed by atoms with Crippen LogP contribution < -0.4 is 15.4 Å². The van der Waals surface area contributed by atoms with Crippen molar-refractivity contribution in [1.82, 2.24) is 10.6 Å². The molecule has 0 saturated heterocycles. The van der Waals surface area contributed by atoms with Gasteiger partial charge in [-0.2, -0.15) is 0 Å². The maximum absolute atomic E-state index is 12.6. The van der Waals surface area contributed by atoms with Gasteiger partial charge in [-0.15, -0.1) is 0 Å². The summed E-state index contributed by atoms with van der Waals surface area (Å²) in [5.41, 5.74) is 0.190. The molecule has 0 aliphatic heterocycles. The minimum atomic E-state index is -1.32. The molecule has 0 fully saturated rings. The van der Waals surface area contributed by atoms with Crippen molar-refractivity contribution in [1.29, 1.82) is 0 Å². The maximum Gasteiger partial charge on any atom is 0.341 e. The average Bonchev–Trinajstić information content (AvgIpc) is 2.75. The predicted octanol–water partition coefficient (Wildman–Crippen LogP) is 1.45. The van der Waals surface area contributed by atoms with Gasteiger partial charge in [0.05, 0.1) is 6.61 Å². The van der Waals surface area contributed by atoms with Crippen molar-refractivity contribution in [3.8, 4) is 5.75 Å². The molecule has 11 heteroatoms. The molecule has 0 radical (unpaired) electrons. The first-order valence-corrected chi connectivity index (χ1v) is 10.3. The fourth-order valence-electron chi connectivity index (χ4n) is 2.86. The third-order valence-corrected chi connectivity index (χ3v) is 4.44. The second kappa shape index (κ2) is 14.8. The smallest absolute Gasteiger partial charge is 0.341 e. The summed E-state index contributed by atoms with van der Waals surface area (Å²) in [7, 11) is 0. The molecule has 1 aromatic carbocycles. The van der Waals surface area contributed by atoms with Gasteiger partial charge in [-0.1, -0.05) is 25.8 Å². The van der Waals surface area contributed by atoms with Crippen LogP contribution in [-0.2, 0) is 25.7 Å².